The molecule has 0 spiro atoms. The number of ether oxygens (including phenoxy) is 7. The number of carbonyl (C=O) groups excluding carboxylic acids is 9. The minimum Gasteiger partial charge on any atom is -0.504 e. The molecule has 3 heterocycles. The Bertz CT molecular complexity index is 2350. The van der Waals surface area contributed by atoms with Gasteiger partial charge in [0.15, 0.2) is 24.7 Å². The maximum Gasteiger partial charge on any atom is 0.243 e. The van der Waals surface area contributed by atoms with Gasteiger partial charge in [-0.1, -0.05) is 25.7 Å². The summed E-state index contributed by atoms with van der Waals surface area (Å²) >= 11 is 0. The van der Waals surface area contributed by atoms with Gasteiger partial charge in [-0.05, 0) is 89.9 Å². The van der Waals surface area contributed by atoms with Gasteiger partial charge >= 0.3 is 0 Å². The predicted molar refractivity (Wildman–Crippen MR) is 340 cm³/mol. The van der Waals surface area contributed by atoms with E-state index in [1.807, 2.05) is 0 Å². The monoisotopic (exact) mass is 1380 g/mol. The lowest BCUT2D eigenvalue weighted by Crippen LogP contribution is -2.64. The van der Waals surface area contributed by atoms with Gasteiger partial charge in [-0.25, -0.2) is 0 Å². The highest BCUT2D eigenvalue weighted by atomic mass is 16.7. The highest BCUT2D eigenvalue weighted by molar-refractivity contribution is 5.92. The topological polar surface area (TPSA) is 497 Å². The first-order valence-corrected chi connectivity index (χ1v) is 33.6. The van der Waals surface area contributed by atoms with Gasteiger partial charge in [0, 0.05) is 92.0 Å². The molecule has 0 saturated carbocycles. The molecule has 8 amide bonds. The zero-order chi connectivity index (χ0) is 71.0. The van der Waals surface area contributed by atoms with E-state index in [-0.39, 0.29) is 95.6 Å². The van der Waals surface area contributed by atoms with E-state index in [1.54, 1.807) is 0 Å². The van der Waals surface area contributed by atoms with Crippen LogP contribution in [-0.4, -0.2) is 269 Å². The van der Waals surface area contributed by atoms with Crippen LogP contribution in [0.2, 0.25) is 0 Å². The number of amides is 8. The van der Waals surface area contributed by atoms with E-state index in [4.69, 9.17) is 33.2 Å². The second kappa shape index (κ2) is 48.2. The summed E-state index contributed by atoms with van der Waals surface area (Å²) in [6.07, 6.45) is -4.52. The average molecular weight is 1380 g/mol. The molecular formula is C63H110N8O25. The van der Waals surface area contributed by atoms with Crippen molar-refractivity contribution < 1.29 is 122 Å². The first-order chi connectivity index (χ1) is 46.0. The van der Waals surface area contributed by atoms with Crippen LogP contribution < -0.4 is 42.5 Å². The summed E-state index contributed by atoms with van der Waals surface area (Å²) in [6, 6.07) is -5.46. The summed E-state index contributed by atoms with van der Waals surface area (Å²) in [5.74, 6) is -3.61. The van der Waals surface area contributed by atoms with Gasteiger partial charge in [-0.3, -0.25) is 43.2 Å². The van der Waals surface area contributed by atoms with Gasteiger partial charge < -0.3 is 122 Å². The van der Waals surface area contributed by atoms with Gasteiger partial charge in [0.1, 0.15) is 85.1 Å². The maximum absolute atomic E-state index is 14.3. The molecule has 0 aromatic carbocycles. The molecule has 3 aliphatic heterocycles. The molecule has 3 saturated heterocycles. The Morgan fingerprint density at radius 3 is 1.12 bits per heavy atom. The van der Waals surface area contributed by atoms with Crippen molar-refractivity contribution in [3.8, 4) is 0 Å². The molecule has 96 heavy (non-hydrogen) atoms. The molecule has 33 heteroatoms. The van der Waals surface area contributed by atoms with Crippen LogP contribution in [0.25, 0.3) is 0 Å². The average Bonchev–Trinajstić information content (AvgIpc) is 0.904. The second-order valence-corrected chi connectivity index (χ2v) is 24.3. The molecule has 0 aromatic heterocycles. The summed E-state index contributed by atoms with van der Waals surface area (Å²) in [5.41, 5.74) is 0. The molecule has 3 rings (SSSR count). The van der Waals surface area contributed by atoms with Crippen LogP contribution in [0.4, 0.5) is 0 Å². The third-order valence-corrected chi connectivity index (χ3v) is 16.3. The van der Waals surface area contributed by atoms with E-state index in [0.717, 1.165) is 0 Å². The smallest absolute Gasteiger partial charge is 0.243 e. The lowest BCUT2D eigenvalue weighted by molar-refractivity contribution is -0.270. The van der Waals surface area contributed by atoms with Crippen molar-refractivity contribution in [2.75, 3.05) is 66.4 Å². The quantitative estimate of drug-likeness (QED) is 0.0160. The normalized spacial score (nSPS) is 26.4. The van der Waals surface area contributed by atoms with Crippen molar-refractivity contribution in [1.82, 2.24) is 42.5 Å². The van der Waals surface area contributed by atoms with E-state index in [0.29, 0.717) is 103 Å². The largest absolute Gasteiger partial charge is 0.504 e. The standard InChI is InChI=1S/C63H110N8O25/c1-38(75)67-50-56(85)53(82)44(35-72)94-61(50)91-31-18-6-10-24-47(79)64-28-16-13-22-42(59(88)66-30-15-5-9-21-41(78)27-34-90-4)71-60(89)43(70-49(81)26-12-8-20-33-93-63-52(69-40(3)77)58(87)55(84)46(37-74)96-63)23-14-17-29-65-48(80)25-11-7-19-32-92-62-51(68-39(2)76)57(86)54(83)45(36-73)95-62/h27,34,42-46,50-58,61-63,72-74,82-87H,5-26,28-33,35-37H2,1-4H3,(H,64,79)(H,65,80)(H,66,88)(H,67,75)(H,68,76)(H,69,77)(H,70,81)(H,71,89)/b34-27+/t42?,43?,44?,45?,46?,50-,51-,52-,53-,54-,55-,56?,57?,58?,61+,62+,63+/m0/s1. The Kier molecular flexibility index (Phi) is 42.4. The Hall–Kier alpha value is -5.63. The third-order valence-electron chi connectivity index (χ3n) is 16.3. The number of methoxy groups -OCH3 is 1. The molecule has 17 N–H and O–H groups in total. The van der Waals surface area contributed by atoms with Gasteiger partial charge in [-0.15, -0.1) is 0 Å². The van der Waals surface area contributed by atoms with Crippen LogP contribution in [0.3, 0.4) is 0 Å². The Morgan fingerprint density at radius 1 is 0.406 bits per heavy atom. The van der Waals surface area contributed by atoms with Crippen molar-refractivity contribution in [3.05, 3.63) is 12.3 Å². The van der Waals surface area contributed by atoms with Crippen LogP contribution in [-0.2, 0) is 76.3 Å². The molecule has 33 nitrogen and oxygen atoms in total. The fourth-order valence-corrected chi connectivity index (χ4v) is 10.9. The first kappa shape index (κ1) is 84.6. The zero-order valence-corrected chi connectivity index (χ0v) is 55.9. The third kappa shape index (κ3) is 32.4. The van der Waals surface area contributed by atoms with Crippen LogP contribution in [0.5, 0.6) is 0 Å². The van der Waals surface area contributed by atoms with Crippen molar-refractivity contribution in [3.63, 3.8) is 0 Å². The fraction of sp³-hybridized carbons (Fsp3) is 0.825. The molecule has 552 valence electrons. The number of hydrogen-bond donors (Lipinski definition) is 17. The van der Waals surface area contributed by atoms with Crippen molar-refractivity contribution in [1.29, 1.82) is 0 Å². The van der Waals surface area contributed by atoms with Crippen LogP contribution in [0.1, 0.15) is 162 Å². The predicted octanol–water partition coefficient (Wildman–Crippen LogP) is -3.50. The van der Waals surface area contributed by atoms with E-state index < -0.39 is 159 Å². The molecule has 0 radical (unpaired) electrons. The summed E-state index contributed by atoms with van der Waals surface area (Å²) in [7, 11) is 1.43. The Labute approximate surface area is 560 Å². The molecule has 3 aliphatic rings. The molecule has 0 aromatic rings. The van der Waals surface area contributed by atoms with Crippen molar-refractivity contribution >= 4 is 53.0 Å². The molecular weight excluding hydrogens is 1270 g/mol. The molecule has 8 unspecified atom stereocenters. The van der Waals surface area contributed by atoms with Crippen LogP contribution in [0, 0.1) is 0 Å². The molecule has 3 fully saturated rings. The minimum absolute atomic E-state index is 0.0123. The highest BCUT2D eigenvalue weighted by Gasteiger charge is 2.48. The number of nitrogens with one attached hydrogen (secondary N) is 8. The molecule has 0 bridgehead atoms. The Balaban J connectivity index is 1.60. The van der Waals surface area contributed by atoms with Crippen LogP contribution >= 0.6 is 0 Å². The number of aliphatic hydroxyl groups is 9. The number of allylic oxidation sites excluding steroid dienone is 1. The number of ketones is 1. The number of aliphatic hydroxyl groups excluding tert-OH is 9. The van der Waals surface area contributed by atoms with Crippen LogP contribution in [0.15, 0.2) is 12.3 Å². The van der Waals surface area contributed by atoms with Crippen molar-refractivity contribution in [2.45, 2.75) is 266 Å². The Morgan fingerprint density at radius 2 is 0.750 bits per heavy atom. The first-order valence-electron chi connectivity index (χ1n) is 33.6. The fourth-order valence-electron chi connectivity index (χ4n) is 10.9. The molecule has 17 atom stereocenters. The minimum atomic E-state index is -1.49. The number of rotatable bonds is 49. The van der Waals surface area contributed by atoms with E-state index in [2.05, 4.69) is 42.5 Å². The van der Waals surface area contributed by atoms with E-state index in [1.165, 1.54) is 40.2 Å². The lowest BCUT2D eigenvalue weighted by Gasteiger charge is -2.42. The number of unbranched alkanes of at least 4 members (excludes halogenated alkanes) is 10. The number of carbonyl (C=O) groups is 9. The highest BCUT2D eigenvalue weighted by Crippen LogP contribution is 2.26. The summed E-state index contributed by atoms with van der Waals surface area (Å²) < 4.78 is 38.9. The lowest BCUT2D eigenvalue weighted by atomic mass is 9.97. The summed E-state index contributed by atoms with van der Waals surface area (Å²) in [4.78, 5) is 115. The van der Waals surface area contributed by atoms with Gasteiger partial charge in [0.05, 0.1) is 33.2 Å². The van der Waals surface area contributed by atoms with E-state index >= 15 is 0 Å². The van der Waals surface area contributed by atoms with Gasteiger partial charge in [-0.2, -0.15) is 0 Å². The van der Waals surface area contributed by atoms with Gasteiger partial charge in [0.2, 0.25) is 47.3 Å². The van der Waals surface area contributed by atoms with E-state index in [9.17, 15) is 89.1 Å². The van der Waals surface area contributed by atoms with Crippen molar-refractivity contribution in [2.24, 2.45) is 0 Å². The van der Waals surface area contributed by atoms with Gasteiger partial charge in [0.25, 0.3) is 0 Å². The molecule has 0 aliphatic carbocycles. The summed E-state index contributed by atoms with van der Waals surface area (Å²) in [6.45, 7) is 2.97. The summed E-state index contributed by atoms with van der Waals surface area (Å²) in [5, 5.41) is 113. The zero-order valence-electron chi connectivity index (χ0n) is 55.9. The SMILES string of the molecule is CO/C=C/C(=O)CCCCCNC(=O)C(CCCCNC(=O)CCCCCO[C@@H]1OC(CO)[C@H](O)C(O)[C@@H]1NC(C)=O)NC(=O)C(CCCCNC(=O)CCCCCO[C@@H]1OC(CO)[C@H](O)C(O)[C@@H]1NC(C)=O)NC(=O)CCCCCO[C@@H]1OC(CO)[C@H](O)C(O)[C@@H]1NC(C)=O. The maximum atomic E-state index is 14.3. The number of hydrogen-bond acceptors (Lipinski definition) is 25. The second-order valence-electron chi connectivity index (χ2n) is 24.3.